The molecule has 4 atom stereocenters. The van der Waals surface area contributed by atoms with Crippen LogP contribution in [0.1, 0.15) is 37.3 Å². The zero-order valence-electron chi connectivity index (χ0n) is 13.8. The summed E-state index contributed by atoms with van der Waals surface area (Å²) in [6.07, 6.45) is 0.706. The van der Waals surface area contributed by atoms with Crippen LogP contribution < -0.4 is 4.74 Å². The molecule has 1 unspecified atom stereocenters. The van der Waals surface area contributed by atoms with Crippen LogP contribution in [-0.2, 0) is 10.2 Å². The van der Waals surface area contributed by atoms with Gasteiger partial charge in [-0.1, -0.05) is 6.07 Å². The van der Waals surface area contributed by atoms with Crippen LogP contribution in [0, 0.1) is 6.92 Å². The predicted octanol–water partition coefficient (Wildman–Crippen LogP) is 1.52. The Bertz CT molecular complexity index is 703. The predicted molar refractivity (Wildman–Crippen MR) is 84.8 cm³/mol. The molecule has 0 amide bonds. The van der Waals surface area contributed by atoms with Gasteiger partial charge in [0, 0.05) is 18.0 Å². The number of phenols is 1. The number of hydrogen-bond acceptors (Lipinski definition) is 5. The van der Waals surface area contributed by atoms with Crippen molar-refractivity contribution in [2.24, 2.45) is 0 Å². The van der Waals surface area contributed by atoms with E-state index >= 15 is 0 Å². The molecule has 0 bridgehead atoms. The van der Waals surface area contributed by atoms with Crippen molar-refractivity contribution in [2.75, 3.05) is 13.6 Å². The van der Waals surface area contributed by atoms with Crippen LogP contribution in [0.3, 0.4) is 0 Å². The minimum atomic E-state index is -1.04. The summed E-state index contributed by atoms with van der Waals surface area (Å²) >= 11 is 0. The summed E-state index contributed by atoms with van der Waals surface area (Å²) in [6, 6.07) is 3.37. The minimum absolute atomic E-state index is 0.0291. The number of nitrogens with zero attached hydrogens (tertiary/aromatic N) is 1. The summed E-state index contributed by atoms with van der Waals surface area (Å²) in [7, 11) is 2.01. The Kier molecular flexibility index (Phi) is 2.92. The molecule has 0 radical (unpaired) electrons. The van der Waals surface area contributed by atoms with Gasteiger partial charge in [0.25, 0.3) is 0 Å². The first-order valence-electron chi connectivity index (χ1n) is 8.28. The highest BCUT2D eigenvalue weighted by molar-refractivity contribution is 5.89. The van der Waals surface area contributed by atoms with Crippen molar-refractivity contribution >= 4 is 5.78 Å². The third-order valence-electron chi connectivity index (χ3n) is 6.50. The molecule has 2 fully saturated rings. The molecular formula is C18H23NO4. The van der Waals surface area contributed by atoms with Crippen molar-refractivity contribution in [3.63, 3.8) is 0 Å². The average Bonchev–Trinajstić information content (AvgIpc) is 2.89. The number of carbonyl (C=O) groups excluding carboxylic acids is 1. The van der Waals surface area contributed by atoms with Crippen molar-refractivity contribution < 1.29 is 19.7 Å². The second-order valence-corrected chi connectivity index (χ2v) is 7.37. The molecule has 1 aromatic rings. The van der Waals surface area contributed by atoms with Crippen molar-refractivity contribution in [1.29, 1.82) is 0 Å². The number of ether oxygens (including phenoxy) is 1. The number of likely N-dealkylation sites (N-methyl/N-ethyl adjacent to an activating group) is 1. The summed E-state index contributed by atoms with van der Waals surface area (Å²) in [4.78, 5) is 14.8. The van der Waals surface area contributed by atoms with Crippen LogP contribution in [0.15, 0.2) is 12.1 Å². The third-order valence-corrected chi connectivity index (χ3v) is 6.50. The summed E-state index contributed by atoms with van der Waals surface area (Å²) in [5.74, 6) is 0.470. The molecule has 1 saturated carbocycles. The number of hydrogen-bond donors (Lipinski definition) is 2. The van der Waals surface area contributed by atoms with Crippen LogP contribution in [0.2, 0.25) is 0 Å². The number of aryl methyl sites for hydroxylation is 1. The molecule has 2 N–H and O–H groups in total. The zero-order chi connectivity index (χ0) is 16.6. The standard InChI is InChI=1S/C18H23NO4/c1-10-4-5-12(20)15-14(10)17-8-9-19(3)11(2)18(17,22)7-6-13(21)16(17)23-15/h4-5,11,16,20,22H,6-9H2,1-3H3/t11-,16?,17+,18-/m1/s1. The molecule has 4 rings (SSSR count). The Balaban J connectivity index is 2.02. The summed E-state index contributed by atoms with van der Waals surface area (Å²) in [5.41, 5.74) is -0.00222. The minimum Gasteiger partial charge on any atom is -0.504 e. The van der Waals surface area contributed by atoms with Gasteiger partial charge >= 0.3 is 0 Å². The molecule has 1 saturated heterocycles. The van der Waals surface area contributed by atoms with Gasteiger partial charge in [0.2, 0.25) is 0 Å². The molecule has 5 nitrogen and oxygen atoms in total. The fraction of sp³-hybridized carbons (Fsp3) is 0.611. The highest BCUT2D eigenvalue weighted by Crippen LogP contribution is 2.61. The molecule has 124 valence electrons. The Hall–Kier alpha value is -1.59. The fourth-order valence-corrected chi connectivity index (χ4v) is 5.11. The van der Waals surface area contributed by atoms with Gasteiger partial charge in [0.15, 0.2) is 23.4 Å². The molecule has 23 heavy (non-hydrogen) atoms. The molecule has 1 spiro atoms. The van der Waals surface area contributed by atoms with Gasteiger partial charge in [-0.3, -0.25) is 4.79 Å². The Morgan fingerprint density at radius 2 is 2.09 bits per heavy atom. The number of aromatic hydroxyl groups is 1. The molecule has 2 aliphatic heterocycles. The molecule has 0 aromatic heterocycles. The first-order chi connectivity index (χ1) is 10.8. The van der Waals surface area contributed by atoms with Gasteiger partial charge in [0.05, 0.1) is 11.0 Å². The molecule has 1 aromatic carbocycles. The van der Waals surface area contributed by atoms with Crippen molar-refractivity contribution in [1.82, 2.24) is 4.90 Å². The molecule has 5 heteroatoms. The Morgan fingerprint density at radius 1 is 1.35 bits per heavy atom. The molecule has 3 aliphatic rings. The van der Waals surface area contributed by atoms with Crippen LogP contribution in [0.25, 0.3) is 0 Å². The van der Waals surface area contributed by atoms with Crippen LogP contribution in [0.5, 0.6) is 11.5 Å². The Labute approximate surface area is 135 Å². The number of Topliss-reactive ketones (excluding diaryl/α,β-unsaturated/α-hetero) is 1. The number of fused-ring (bicyclic) bond motifs is 1. The molecular weight excluding hydrogens is 294 g/mol. The van der Waals surface area contributed by atoms with E-state index in [0.29, 0.717) is 25.0 Å². The number of ketones is 1. The number of carbonyl (C=O) groups is 1. The van der Waals surface area contributed by atoms with Gasteiger partial charge in [-0.25, -0.2) is 0 Å². The summed E-state index contributed by atoms with van der Waals surface area (Å²) in [5, 5.41) is 22.0. The van der Waals surface area contributed by atoms with Crippen LogP contribution in [0.4, 0.5) is 0 Å². The average molecular weight is 317 g/mol. The van der Waals surface area contributed by atoms with Crippen molar-refractivity contribution in [2.45, 2.75) is 56.3 Å². The maximum absolute atomic E-state index is 12.6. The lowest BCUT2D eigenvalue weighted by atomic mass is 9.52. The number of phenolic OH excluding ortho intramolecular Hbond substituents is 1. The van der Waals surface area contributed by atoms with E-state index in [1.54, 1.807) is 6.07 Å². The van der Waals surface area contributed by atoms with E-state index in [4.69, 9.17) is 4.74 Å². The molecule has 2 heterocycles. The zero-order valence-corrected chi connectivity index (χ0v) is 13.8. The lowest BCUT2D eigenvalue weighted by Crippen LogP contribution is -2.73. The van der Waals surface area contributed by atoms with E-state index in [9.17, 15) is 15.0 Å². The second-order valence-electron chi connectivity index (χ2n) is 7.37. The van der Waals surface area contributed by atoms with E-state index in [0.717, 1.165) is 17.7 Å². The van der Waals surface area contributed by atoms with Crippen LogP contribution >= 0.6 is 0 Å². The SMILES string of the molecule is Cc1ccc(O)c2c1[C@]13CCN(C)[C@H](C)[C@]1(O)CCC(=O)C3O2. The lowest BCUT2D eigenvalue weighted by Gasteiger charge is -2.58. The van der Waals surface area contributed by atoms with Gasteiger partial charge in [-0.15, -0.1) is 0 Å². The summed E-state index contributed by atoms with van der Waals surface area (Å²) in [6.45, 7) is 4.76. The van der Waals surface area contributed by atoms with Crippen LogP contribution in [-0.4, -0.2) is 52.2 Å². The summed E-state index contributed by atoms with van der Waals surface area (Å²) < 4.78 is 5.97. The Morgan fingerprint density at radius 3 is 2.83 bits per heavy atom. The fourth-order valence-electron chi connectivity index (χ4n) is 5.11. The number of likely N-dealkylation sites (tertiary alicyclic amines) is 1. The van der Waals surface area contributed by atoms with E-state index < -0.39 is 17.1 Å². The number of aliphatic hydroxyl groups is 1. The van der Waals surface area contributed by atoms with Gasteiger partial charge in [-0.05, 0) is 51.9 Å². The number of benzene rings is 1. The highest BCUT2D eigenvalue weighted by atomic mass is 16.5. The number of piperidine rings is 1. The maximum atomic E-state index is 12.6. The van der Waals surface area contributed by atoms with Crippen molar-refractivity contribution in [3.8, 4) is 11.5 Å². The first-order valence-corrected chi connectivity index (χ1v) is 8.28. The number of rotatable bonds is 0. The van der Waals surface area contributed by atoms with Gasteiger partial charge in [0.1, 0.15) is 0 Å². The maximum Gasteiger partial charge on any atom is 0.174 e. The van der Waals surface area contributed by atoms with E-state index in [1.807, 2.05) is 27.0 Å². The van der Waals surface area contributed by atoms with Gasteiger partial charge < -0.3 is 19.8 Å². The quantitative estimate of drug-likeness (QED) is 0.759. The van der Waals surface area contributed by atoms with E-state index in [2.05, 4.69) is 4.90 Å². The smallest absolute Gasteiger partial charge is 0.174 e. The van der Waals surface area contributed by atoms with E-state index in [1.165, 1.54) is 0 Å². The molecule has 1 aliphatic carbocycles. The first kappa shape index (κ1) is 15.0. The second kappa shape index (κ2) is 4.48. The topological polar surface area (TPSA) is 70.0 Å². The highest BCUT2D eigenvalue weighted by Gasteiger charge is 2.70. The third kappa shape index (κ3) is 1.57. The van der Waals surface area contributed by atoms with Crippen molar-refractivity contribution in [3.05, 3.63) is 23.3 Å². The largest absolute Gasteiger partial charge is 0.504 e. The van der Waals surface area contributed by atoms with E-state index in [-0.39, 0.29) is 17.6 Å². The monoisotopic (exact) mass is 317 g/mol. The normalized spacial score (nSPS) is 39.4. The van der Waals surface area contributed by atoms with Gasteiger partial charge in [-0.2, -0.15) is 0 Å². The lowest BCUT2D eigenvalue weighted by molar-refractivity contribution is -0.178.